The summed E-state index contributed by atoms with van der Waals surface area (Å²) in [7, 11) is 0. The number of benzene rings is 1. The summed E-state index contributed by atoms with van der Waals surface area (Å²) in [6, 6.07) is 7.92. The van der Waals surface area contributed by atoms with Gasteiger partial charge in [-0.2, -0.15) is 0 Å². The topological polar surface area (TPSA) is 38.8 Å². The van der Waals surface area contributed by atoms with Gasteiger partial charge >= 0.3 is 0 Å². The van der Waals surface area contributed by atoms with Crippen molar-refractivity contribution in [2.45, 2.75) is 44.8 Å². The van der Waals surface area contributed by atoms with Crippen LogP contribution in [0.3, 0.4) is 0 Å². The zero-order valence-corrected chi connectivity index (χ0v) is 12.4. The van der Waals surface area contributed by atoms with E-state index >= 15 is 0 Å². The predicted molar refractivity (Wildman–Crippen MR) is 80.2 cm³/mol. The fourth-order valence-electron chi connectivity index (χ4n) is 3.05. The summed E-state index contributed by atoms with van der Waals surface area (Å²) in [5.41, 5.74) is 1.07. The van der Waals surface area contributed by atoms with E-state index in [1.807, 2.05) is 29.2 Å². The lowest BCUT2D eigenvalue weighted by Gasteiger charge is -2.24. The first-order chi connectivity index (χ1) is 10.3. The summed E-state index contributed by atoms with van der Waals surface area (Å²) in [6.07, 6.45) is 6.22. The van der Waals surface area contributed by atoms with E-state index in [1.54, 1.807) is 0 Å². The van der Waals surface area contributed by atoms with Gasteiger partial charge in [0.1, 0.15) is 19.0 Å². The first kappa shape index (κ1) is 14.4. The molecule has 0 aromatic heterocycles. The molecule has 1 aromatic carbocycles. The van der Waals surface area contributed by atoms with E-state index < -0.39 is 0 Å². The molecule has 0 N–H and O–H groups in total. The minimum Gasteiger partial charge on any atom is -0.491 e. The summed E-state index contributed by atoms with van der Waals surface area (Å²) in [5.74, 6) is 0.960. The molecular formula is C17H23NO3. The zero-order valence-electron chi connectivity index (χ0n) is 12.4. The minimum absolute atomic E-state index is 0.0703. The molecule has 1 aliphatic heterocycles. The molecule has 1 amide bonds. The number of carbonyl (C=O) groups is 1. The number of carbonyl (C=O) groups excluding carboxylic acids is 1. The second-order valence-electron chi connectivity index (χ2n) is 5.84. The maximum absolute atomic E-state index is 12.3. The van der Waals surface area contributed by atoms with Crippen molar-refractivity contribution in [3.8, 4) is 5.75 Å². The van der Waals surface area contributed by atoms with Crippen LogP contribution in [0.4, 0.5) is 0 Å². The molecule has 0 saturated heterocycles. The third-order valence-electron chi connectivity index (χ3n) is 4.30. The van der Waals surface area contributed by atoms with Gasteiger partial charge in [-0.15, -0.1) is 0 Å². The van der Waals surface area contributed by atoms with Gasteiger partial charge in [-0.25, -0.2) is 0 Å². The van der Waals surface area contributed by atoms with Crippen molar-refractivity contribution >= 4 is 5.91 Å². The molecule has 4 nitrogen and oxygen atoms in total. The zero-order chi connectivity index (χ0) is 14.5. The normalized spacial score (nSPS) is 19.5. The Morgan fingerprint density at radius 2 is 2.05 bits per heavy atom. The Morgan fingerprint density at radius 1 is 1.24 bits per heavy atom. The molecule has 0 unspecified atom stereocenters. The SMILES string of the molecule is O=C(COC1CCCCC1)N1CCOc2ccccc2C1. The van der Waals surface area contributed by atoms with E-state index in [9.17, 15) is 4.79 Å². The van der Waals surface area contributed by atoms with Gasteiger partial charge in [-0.3, -0.25) is 4.79 Å². The van der Waals surface area contributed by atoms with Gasteiger partial charge in [0.05, 0.1) is 12.6 Å². The van der Waals surface area contributed by atoms with Gasteiger partial charge in [0, 0.05) is 12.1 Å². The van der Waals surface area contributed by atoms with Crippen molar-refractivity contribution in [2.75, 3.05) is 19.8 Å². The highest BCUT2D eigenvalue weighted by molar-refractivity contribution is 5.77. The van der Waals surface area contributed by atoms with Crippen LogP contribution in [0.15, 0.2) is 24.3 Å². The third kappa shape index (κ3) is 3.76. The molecule has 4 heteroatoms. The fraction of sp³-hybridized carbons (Fsp3) is 0.588. The quantitative estimate of drug-likeness (QED) is 0.859. The second-order valence-corrected chi connectivity index (χ2v) is 5.84. The van der Waals surface area contributed by atoms with Crippen LogP contribution in [-0.2, 0) is 16.1 Å². The molecule has 0 bridgehead atoms. The van der Waals surface area contributed by atoms with Crippen molar-refractivity contribution in [3.63, 3.8) is 0 Å². The standard InChI is InChI=1S/C17H23NO3/c19-17(13-21-15-7-2-1-3-8-15)18-10-11-20-16-9-5-4-6-14(16)12-18/h4-6,9,15H,1-3,7-8,10-13H2. The van der Waals surface area contributed by atoms with Crippen molar-refractivity contribution in [1.29, 1.82) is 0 Å². The highest BCUT2D eigenvalue weighted by Gasteiger charge is 2.21. The van der Waals surface area contributed by atoms with Gasteiger partial charge < -0.3 is 14.4 Å². The Morgan fingerprint density at radius 3 is 2.90 bits per heavy atom. The summed E-state index contributed by atoms with van der Waals surface area (Å²) in [5, 5.41) is 0. The molecular weight excluding hydrogens is 266 g/mol. The van der Waals surface area contributed by atoms with Crippen LogP contribution in [0.2, 0.25) is 0 Å². The summed E-state index contributed by atoms with van der Waals surface area (Å²) in [6.45, 7) is 1.99. The van der Waals surface area contributed by atoms with Gasteiger partial charge in [-0.05, 0) is 18.9 Å². The maximum Gasteiger partial charge on any atom is 0.249 e. The molecule has 1 aromatic rings. The Kier molecular flexibility index (Phi) is 4.76. The third-order valence-corrected chi connectivity index (χ3v) is 4.30. The molecule has 114 valence electrons. The largest absolute Gasteiger partial charge is 0.491 e. The predicted octanol–water partition coefficient (Wildman–Crippen LogP) is 2.76. The molecule has 0 radical (unpaired) electrons. The molecule has 2 aliphatic rings. The summed E-state index contributed by atoms with van der Waals surface area (Å²) < 4.78 is 11.5. The molecule has 1 aliphatic carbocycles. The van der Waals surface area contributed by atoms with Gasteiger partial charge in [0.15, 0.2) is 0 Å². The summed E-state index contributed by atoms with van der Waals surface area (Å²) in [4.78, 5) is 14.2. The molecule has 21 heavy (non-hydrogen) atoms. The van der Waals surface area contributed by atoms with Crippen molar-refractivity contribution in [2.24, 2.45) is 0 Å². The van der Waals surface area contributed by atoms with E-state index in [0.29, 0.717) is 19.7 Å². The van der Waals surface area contributed by atoms with Gasteiger partial charge in [0.25, 0.3) is 0 Å². The maximum atomic E-state index is 12.3. The number of hydrogen-bond donors (Lipinski definition) is 0. The number of para-hydroxylation sites is 1. The molecule has 1 fully saturated rings. The number of amides is 1. The summed E-state index contributed by atoms with van der Waals surface area (Å²) >= 11 is 0. The van der Waals surface area contributed by atoms with Crippen LogP contribution >= 0.6 is 0 Å². The lowest BCUT2D eigenvalue weighted by Crippen LogP contribution is -2.36. The first-order valence-electron chi connectivity index (χ1n) is 7.93. The van der Waals surface area contributed by atoms with E-state index in [2.05, 4.69) is 0 Å². The van der Waals surface area contributed by atoms with E-state index in [4.69, 9.17) is 9.47 Å². The molecule has 1 saturated carbocycles. The van der Waals surface area contributed by atoms with Crippen LogP contribution < -0.4 is 4.74 Å². The van der Waals surface area contributed by atoms with Crippen molar-refractivity contribution in [1.82, 2.24) is 4.90 Å². The van der Waals surface area contributed by atoms with Crippen LogP contribution in [0.25, 0.3) is 0 Å². The Balaban J connectivity index is 1.55. The van der Waals surface area contributed by atoms with Gasteiger partial charge in [-0.1, -0.05) is 37.5 Å². The fourth-order valence-corrected chi connectivity index (χ4v) is 3.05. The first-order valence-corrected chi connectivity index (χ1v) is 7.93. The highest BCUT2D eigenvalue weighted by atomic mass is 16.5. The Labute approximate surface area is 126 Å². The average molecular weight is 289 g/mol. The smallest absolute Gasteiger partial charge is 0.249 e. The van der Waals surface area contributed by atoms with E-state index in [0.717, 1.165) is 24.2 Å². The van der Waals surface area contributed by atoms with E-state index in [1.165, 1.54) is 19.3 Å². The lowest BCUT2D eigenvalue weighted by atomic mass is 9.98. The van der Waals surface area contributed by atoms with Crippen molar-refractivity contribution < 1.29 is 14.3 Å². The van der Waals surface area contributed by atoms with Crippen LogP contribution in [0.5, 0.6) is 5.75 Å². The van der Waals surface area contributed by atoms with Crippen LogP contribution in [-0.4, -0.2) is 36.7 Å². The lowest BCUT2D eigenvalue weighted by molar-refractivity contribution is -0.139. The Hall–Kier alpha value is -1.55. The molecule has 0 spiro atoms. The number of rotatable bonds is 3. The van der Waals surface area contributed by atoms with Gasteiger partial charge in [0.2, 0.25) is 5.91 Å². The highest BCUT2D eigenvalue weighted by Crippen LogP contribution is 2.23. The molecule has 1 heterocycles. The second kappa shape index (κ2) is 6.94. The molecule has 3 rings (SSSR count). The van der Waals surface area contributed by atoms with Crippen LogP contribution in [0.1, 0.15) is 37.7 Å². The average Bonchev–Trinajstić information content (AvgIpc) is 2.76. The monoisotopic (exact) mass is 289 g/mol. The van der Waals surface area contributed by atoms with Crippen molar-refractivity contribution in [3.05, 3.63) is 29.8 Å². The number of nitrogens with zero attached hydrogens (tertiary/aromatic N) is 1. The molecule has 0 atom stereocenters. The number of fused-ring (bicyclic) bond motifs is 1. The Bertz CT molecular complexity index is 483. The minimum atomic E-state index is 0.0703. The number of hydrogen-bond acceptors (Lipinski definition) is 3. The number of ether oxygens (including phenoxy) is 2. The van der Waals surface area contributed by atoms with Crippen LogP contribution in [0, 0.1) is 0 Å². The van der Waals surface area contributed by atoms with E-state index in [-0.39, 0.29) is 18.6 Å².